The Morgan fingerprint density at radius 1 is 1.10 bits per heavy atom. The molecular formula is C16H15ClN2O. The molecule has 3 nitrogen and oxygen atoms in total. The maximum Gasteiger partial charge on any atom is 0.244 e. The molecule has 102 valence electrons. The third-order valence-electron chi connectivity index (χ3n) is 2.82. The Morgan fingerprint density at radius 3 is 2.45 bits per heavy atom. The van der Waals surface area contributed by atoms with Crippen LogP contribution in [0.4, 0.5) is 0 Å². The smallest absolute Gasteiger partial charge is 0.244 e. The normalized spacial score (nSPS) is 11.2. The number of nitrogens with one attached hydrogen (secondary N) is 1. The fraction of sp³-hybridized carbons (Fsp3) is 0.125. The molecule has 0 aliphatic carbocycles. The number of carbonyl (C=O) groups is 1. The highest BCUT2D eigenvalue weighted by Crippen LogP contribution is 2.15. The molecule has 4 heteroatoms. The van der Waals surface area contributed by atoms with Crippen molar-refractivity contribution in [3.8, 4) is 0 Å². The van der Waals surface area contributed by atoms with Gasteiger partial charge in [0.25, 0.3) is 0 Å². The maximum absolute atomic E-state index is 11.8. The third-order valence-corrected chi connectivity index (χ3v) is 3.15. The van der Waals surface area contributed by atoms with Crippen molar-refractivity contribution in [3.63, 3.8) is 0 Å². The van der Waals surface area contributed by atoms with Gasteiger partial charge in [-0.1, -0.05) is 60.1 Å². The van der Waals surface area contributed by atoms with E-state index in [0.717, 1.165) is 11.1 Å². The third kappa shape index (κ3) is 3.93. The van der Waals surface area contributed by atoms with E-state index in [9.17, 15) is 4.79 Å². The number of carbonyl (C=O) groups excluding carboxylic acids is 1. The van der Waals surface area contributed by atoms with Crippen LogP contribution in [-0.2, 0) is 11.2 Å². The minimum atomic E-state index is -0.150. The molecule has 0 aliphatic heterocycles. The fourth-order valence-corrected chi connectivity index (χ4v) is 2.05. The summed E-state index contributed by atoms with van der Waals surface area (Å²) < 4.78 is 0. The summed E-state index contributed by atoms with van der Waals surface area (Å²) in [6.45, 7) is 1.81. The molecule has 0 saturated carbocycles. The molecule has 0 spiro atoms. The van der Waals surface area contributed by atoms with Crippen LogP contribution in [0.15, 0.2) is 59.7 Å². The van der Waals surface area contributed by atoms with E-state index in [1.807, 2.05) is 55.5 Å². The molecule has 0 aliphatic rings. The molecular weight excluding hydrogens is 272 g/mol. The second kappa shape index (κ2) is 6.87. The van der Waals surface area contributed by atoms with Crippen LogP contribution in [0.1, 0.15) is 18.1 Å². The molecule has 1 N–H and O–H groups in total. The zero-order chi connectivity index (χ0) is 14.4. The van der Waals surface area contributed by atoms with Crippen LogP contribution in [0.2, 0.25) is 5.02 Å². The molecule has 2 aromatic rings. The summed E-state index contributed by atoms with van der Waals surface area (Å²) in [5, 5.41) is 4.70. The van der Waals surface area contributed by atoms with Crippen LogP contribution in [0.5, 0.6) is 0 Å². The Kier molecular flexibility index (Phi) is 4.91. The van der Waals surface area contributed by atoms with Crippen LogP contribution in [-0.4, -0.2) is 11.6 Å². The van der Waals surface area contributed by atoms with E-state index in [2.05, 4.69) is 10.5 Å². The van der Waals surface area contributed by atoms with Crippen molar-refractivity contribution >= 4 is 23.2 Å². The monoisotopic (exact) mass is 286 g/mol. The Bertz CT molecular complexity index is 623. The molecule has 0 saturated heterocycles. The van der Waals surface area contributed by atoms with Gasteiger partial charge in [-0.25, -0.2) is 5.43 Å². The topological polar surface area (TPSA) is 41.5 Å². The molecule has 0 unspecified atom stereocenters. The number of benzene rings is 2. The van der Waals surface area contributed by atoms with Crippen LogP contribution >= 0.6 is 11.6 Å². The number of hydrogen-bond acceptors (Lipinski definition) is 2. The first-order valence-electron chi connectivity index (χ1n) is 6.29. The lowest BCUT2D eigenvalue weighted by atomic mass is 10.1. The summed E-state index contributed by atoms with van der Waals surface area (Å²) in [5.74, 6) is -0.150. The second-order valence-electron chi connectivity index (χ2n) is 4.37. The summed E-state index contributed by atoms with van der Waals surface area (Å²) in [7, 11) is 0. The summed E-state index contributed by atoms with van der Waals surface area (Å²) in [6.07, 6.45) is 0.306. The van der Waals surface area contributed by atoms with Gasteiger partial charge in [-0.05, 0) is 18.6 Å². The number of hydrazone groups is 1. The van der Waals surface area contributed by atoms with Crippen LogP contribution in [0, 0.1) is 0 Å². The molecule has 20 heavy (non-hydrogen) atoms. The molecule has 0 radical (unpaired) electrons. The first-order chi connectivity index (χ1) is 9.66. The Hall–Kier alpha value is -2.13. The Morgan fingerprint density at radius 2 is 1.75 bits per heavy atom. The molecule has 0 fully saturated rings. The van der Waals surface area contributed by atoms with Gasteiger partial charge in [0, 0.05) is 10.6 Å². The number of rotatable bonds is 4. The summed E-state index contributed by atoms with van der Waals surface area (Å²) in [6, 6.07) is 16.9. The predicted octanol–water partition coefficient (Wildman–Crippen LogP) is 3.42. The first-order valence-corrected chi connectivity index (χ1v) is 6.66. The van der Waals surface area contributed by atoms with Gasteiger partial charge in [0.2, 0.25) is 5.91 Å². The van der Waals surface area contributed by atoms with E-state index >= 15 is 0 Å². The van der Waals surface area contributed by atoms with Crippen molar-refractivity contribution in [1.82, 2.24) is 5.43 Å². The predicted molar refractivity (Wildman–Crippen MR) is 82.0 cm³/mol. The van der Waals surface area contributed by atoms with Gasteiger partial charge in [0.15, 0.2) is 0 Å². The Labute approximate surface area is 123 Å². The van der Waals surface area contributed by atoms with Gasteiger partial charge in [-0.15, -0.1) is 0 Å². The first kappa shape index (κ1) is 14.3. The lowest BCUT2D eigenvalue weighted by Gasteiger charge is -2.04. The van der Waals surface area contributed by atoms with Crippen molar-refractivity contribution < 1.29 is 4.79 Å². The summed E-state index contributed by atoms with van der Waals surface area (Å²) >= 11 is 6.07. The van der Waals surface area contributed by atoms with E-state index in [1.54, 1.807) is 6.07 Å². The van der Waals surface area contributed by atoms with Crippen molar-refractivity contribution in [2.24, 2.45) is 5.10 Å². The van der Waals surface area contributed by atoms with E-state index in [0.29, 0.717) is 17.2 Å². The zero-order valence-electron chi connectivity index (χ0n) is 11.1. The van der Waals surface area contributed by atoms with E-state index in [4.69, 9.17) is 11.6 Å². The average Bonchev–Trinajstić information content (AvgIpc) is 2.46. The second-order valence-corrected chi connectivity index (χ2v) is 4.78. The molecule has 2 rings (SSSR count). The minimum Gasteiger partial charge on any atom is -0.273 e. The Balaban J connectivity index is 1.99. The lowest BCUT2D eigenvalue weighted by Crippen LogP contribution is -2.21. The van der Waals surface area contributed by atoms with Crippen LogP contribution < -0.4 is 5.43 Å². The summed E-state index contributed by atoms with van der Waals surface area (Å²) in [5.41, 5.74) is 4.99. The fourth-order valence-electron chi connectivity index (χ4n) is 1.78. The standard InChI is InChI=1S/C16H15ClN2O/c1-12(14-9-5-6-10-15(14)17)18-19-16(20)11-13-7-3-2-4-8-13/h2-10H,11H2,1H3,(H,19,20)/b18-12+. The van der Waals surface area contributed by atoms with Crippen molar-refractivity contribution in [3.05, 3.63) is 70.7 Å². The molecule has 1 amide bonds. The van der Waals surface area contributed by atoms with Gasteiger partial charge in [-0.2, -0.15) is 5.10 Å². The van der Waals surface area contributed by atoms with E-state index in [1.165, 1.54) is 0 Å². The van der Waals surface area contributed by atoms with Crippen molar-refractivity contribution in [1.29, 1.82) is 0 Å². The lowest BCUT2D eigenvalue weighted by molar-refractivity contribution is -0.120. The van der Waals surface area contributed by atoms with E-state index in [-0.39, 0.29) is 5.91 Å². The van der Waals surface area contributed by atoms with E-state index < -0.39 is 0 Å². The van der Waals surface area contributed by atoms with Gasteiger partial charge >= 0.3 is 0 Å². The molecule has 2 aromatic carbocycles. The number of nitrogens with zero attached hydrogens (tertiary/aromatic N) is 1. The van der Waals surface area contributed by atoms with Crippen LogP contribution in [0.3, 0.4) is 0 Å². The molecule has 0 atom stereocenters. The highest BCUT2D eigenvalue weighted by atomic mass is 35.5. The zero-order valence-corrected chi connectivity index (χ0v) is 11.9. The number of halogens is 1. The molecule has 0 aromatic heterocycles. The summed E-state index contributed by atoms with van der Waals surface area (Å²) in [4.78, 5) is 11.8. The van der Waals surface area contributed by atoms with Crippen molar-refractivity contribution in [2.75, 3.05) is 0 Å². The molecule has 0 heterocycles. The quantitative estimate of drug-likeness (QED) is 0.679. The highest BCUT2D eigenvalue weighted by molar-refractivity contribution is 6.34. The molecule has 0 bridgehead atoms. The van der Waals surface area contributed by atoms with Crippen LogP contribution in [0.25, 0.3) is 0 Å². The minimum absolute atomic E-state index is 0.150. The van der Waals surface area contributed by atoms with Crippen molar-refractivity contribution in [2.45, 2.75) is 13.3 Å². The van der Waals surface area contributed by atoms with Gasteiger partial charge in [0.05, 0.1) is 12.1 Å². The largest absolute Gasteiger partial charge is 0.273 e. The van der Waals surface area contributed by atoms with Gasteiger partial charge in [-0.3, -0.25) is 4.79 Å². The van der Waals surface area contributed by atoms with Gasteiger partial charge < -0.3 is 0 Å². The number of amides is 1. The SMILES string of the molecule is C/C(=N\NC(=O)Cc1ccccc1)c1ccccc1Cl. The number of hydrogen-bond donors (Lipinski definition) is 1. The average molecular weight is 287 g/mol. The van der Waals surface area contributed by atoms with Gasteiger partial charge in [0.1, 0.15) is 0 Å². The maximum atomic E-state index is 11.8. The highest BCUT2D eigenvalue weighted by Gasteiger charge is 2.05.